The lowest BCUT2D eigenvalue weighted by molar-refractivity contribution is 0.404. The molecule has 8 heterocycles. The molecule has 7 aromatic heterocycles. The van der Waals surface area contributed by atoms with Crippen molar-refractivity contribution in [3.05, 3.63) is 308 Å². The van der Waals surface area contributed by atoms with Gasteiger partial charge in [-0.2, -0.15) is 0 Å². The number of ether oxygens (including phenoxy) is 1. The van der Waals surface area contributed by atoms with E-state index < -0.39 is 0 Å². The van der Waals surface area contributed by atoms with Crippen molar-refractivity contribution in [2.75, 3.05) is 0 Å². The van der Waals surface area contributed by atoms with Gasteiger partial charge in [0.2, 0.25) is 0 Å². The molecule has 2 aliphatic carbocycles. The molecule has 4 unspecified atom stereocenters. The molecule has 0 N–H and O–H groups in total. The van der Waals surface area contributed by atoms with Crippen molar-refractivity contribution in [2.45, 2.75) is 25.7 Å². The Bertz CT molecular complexity index is 6420. The van der Waals surface area contributed by atoms with Crippen LogP contribution < -0.4 is 4.74 Å². The summed E-state index contributed by atoms with van der Waals surface area (Å²) in [5, 5.41) is 5.37. The molecular formula is C90H58N8O2S2. The molecule has 17 aromatic rings. The van der Waals surface area contributed by atoms with Crippen LogP contribution in [0.15, 0.2) is 301 Å². The van der Waals surface area contributed by atoms with E-state index in [1.54, 1.807) is 22.7 Å². The Hall–Kier alpha value is -12.5. The monoisotopic (exact) mass is 1350 g/mol. The minimum absolute atomic E-state index is 0.00761. The number of furan rings is 1. The molecule has 0 saturated carbocycles. The molecule has 0 bridgehead atoms. The minimum atomic E-state index is -0.00761. The first-order valence-corrected chi connectivity index (χ1v) is 36.1. The first kappa shape index (κ1) is 59.6. The van der Waals surface area contributed by atoms with Crippen LogP contribution in [0.3, 0.4) is 0 Å². The van der Waals surface area contributed by atoms with E-state index in [4.69, 9.17) is 49.0 Å². The largest absolute Gasteiger partial charge is 0.457 e. The third-order valence-corrected chi connectivity index (χ3v) is 22.6. The fourth-order valence-corrected chi connectivity index (χ4v) is 17.6. The smallest absolute Gasteiger partial charge is 0.180 e. The molecule has 482 valence electrons. The lowest BCUT2D eigenvalue weighted by atomic mass is 9.86. The van der Waals surface area contributed by atoms with Crippen LogP contribution in [0.2, 0.25) is 0 Å². The van der Waals surface area contributed by atoms with Crippen molar-refractivity contribution in [1.29, 1.82) is 0 Å². The van der Waals surface area contributed by atoms with Gasteiger partial charge in [-0.25, -0.2) is 39.9 Å². The maximum atomic E-state index is 6.66. The molecule has 12 heteroatoms. The number of hydrogen-bond acceptors (Lipinski definition) is 12. The molecule has 0 fully saturated rings. The second-order valence-corrected chi connectivity index (χ2v) is 28.6. The van der Waals surface area contributed by atoms with Gasteiger partial charge in [0, 0.05) is 102 Å². The summed E-state index contributed by atoms with van der Waals surface area (Å²) in [6.45, 7) is 4.50. The summed E-state index contributed by atoms with van der Waals surface area (Å²) in [4.78, 5) is 43.3. The average molecular weight is 1350 g/mol. The Morgan fingerprint density at radius 3 is 1.77 bits per heavy atom. The number of fused-ring (bicyclic) bond motifs is 12. The molecule has 1 aliphatic heterocycles. The van der Waals surface area contributed by atoms with E-state index in [0.717, 1.165) is 169 Å². The summed E-state index contributed by atoms with van der Waals surface area (Å²) in [5.41, 5.74) is 18.8. The fourth-order valence-electron chi connectivity index (χ4n) is 15.1. The fraction of sp³-hybridized carbons (Fsp3) is 0.0667. The zero-order valence-corrected chi connectivity index (χ0v) is 56.9. The first-order chi connectivity index (χ1) is 50.3. The number of rotatable bonds is 11. The van der Waals surface area contributed by atoms with Gasteiger partial charge in [0.15, 0.2) is 34.6 Å². The van der Waals surface area contributed by atoms with Gasteiger partial charge < -0.3 is 9.15 Å². The van der Waals surface area contributed by atoms with Crippen LogP contribution in [0.1, 0.15) is 37.1 Å². The van der Waals surface area contributed by atoms with Gasteiger partial charge in [0.05, 0.1) is 34.4 Å². The molecule has 10 nitrogen and oxygen atoms in total. The molecular weight excluding hydrogens is 1290 g/mol. The Morgan fingerprint density at radius 2 is 0.980 bits per heavy atom. The Kier molecular flexibility index (Phi) is 14.1. The van der Waals surface area contributed by atoms with Crippen LogP contribution >= 0.6 is 22.7 Å². The van der Waals surface area contributed by atoms with E-state index in [2.05, 4.69) is 238 Å². The average Bonchev–Trinajstić information content (AvgIpc) is 1.58. The number of thiophene rings is 2. The normalized spacial score (nSPS) is 16.2. The highest BCUT2D eigenvalue weighted by Crippen LogP contribution is 2.52. The number of benzene rings is 10. The molecule has 3 aliphatic rings. The predicted octanol–water partition coefficient (Wildman–Crippen LogP) is 23.6. The van der Waals surface area contributed by atoms with E-state index in [-0.39, 0.29) is 23.7 Å². The SMILES string of the molecule is CC1C=CC=CC1c1cc(-c2cc(-c3cccc(-c4cc(-c5cccc6c5sc5cccc(-c7nc(-c8ccccc8)c8oc9ccccc9c8n7)c56)nc(-c5ccccc5)n4)c3)cc3c2sc2cc(-c4nc(-c5ccccc5)c5c(n4)C4C(=CC=CC4C)O5)ccc23)nc(-c2ccccc2)n1. The number of nitrogens with zero attached hydrogens (tertiary/aromatic N) is 8. The molecule has 20 rings (SSSR count). The van der Waals surface area contributed by atoms with Gasteiger partial charge in [-0.05, 0) is 83.6 Å². The molecule has 0 spiro atoms. The lowest BCUT2D eigenvalue weighted by Gasteiger charge is -2.21. The van der Waals surface area contributed by atoms with Crippen LogP contribution in [0, 0.1) is 11.8 Å². The van der Waals surface area contributed by atoms with Crippen molar-refractivity contribution >= 4 is 85.1 Å². The van der Waals surface area contributed by atoms with E-state index in [0.29, 0.717) is 28.9 Å². The van der Waals surface area contributed by atoms with E-state index in [1.165, 1.54) is 0 Å². The van der Waals surface area contributed by atoms with Crippen molar-refractivity contribution < 1.29 is 9.15 Å². The quantitative estimate of drug-likeness (QED) is 0.124. The standard InChI is InChI=1S/C90H58N8O2S2/c1-51-23-15-16-35-61(51)70-50-72(94-88(92-70)56-31-13-6-14-32-56)68-47-60(46-67-62-44-43-59(48-76(62)102-86(67)68)89-95-80(54-27-9-4-10-28-54)84-82(98-89)77-52(2)24-19-41-74(77)100-84)57-33-20-34-58(45-57)69-49-71(93-87(91-69)55-29-11-5-12-30-55)63-37-21-38-65-78-66(39-22-42-75(78)101-85(63)65)90-96-79(53-25-7-3-8-26-53)83-81(97-90)64-36-17-18-40-73(64)99-83/h3-52,61,77H,1-2H3. The van der Waals surface area contributed by atoms with Gasteiger partial charge in [0.25, 0.3) is 0 Å². The maximum absolute atomic E-state index is 6.66. The second kappa shape index (κ2) is 24.2. The van der Waals surface area contributed by atoms with Crippen molar-refractivity contribution in [3.63, 3.8) is 0 Å². The van der Waals surface area contributed by atoms with Crippen LogP contribution in [-0.2, 0) is 0 Å². The number of allylic oxidation sites excluding steroid dienone is 8. The van der Waals surface area contributed by atoms with Crippen LogP contribution in [-0.4, -0.2) is 39.9 Å². The number of aromatic nitrogens is 8. The number of hydrogen-bond donors (Lipinski definition) is 0. The third kappa shape index (κ3) is 10.1. The van der Waals surface area contributed by atoms with E-state index in [9.17, 15) is 0 Å². The van der Waals surface area contributed by atoms with Gasteiger partial charge in [0.1, 0.15) is 28.2 Å². The predicted molar refractivity (Wildman–Crippen MR) is 416 cm³/mol. The minimum Gasteiger partial charge on any atom is -0.457 e. The van der Waals surface area contributed by atoms with Crippen LogP contribution in [0.25, 0.3) is 175 Å². The summed E-state index contributed by atoms with van der Waals surface area (Å²) in [6.07, 6.45) is 15.2. The molecule has 0 radical (unpaired) electrons. The van der Waals surface area contributed by atoms with E-state index >= 15 is 0 Å². The molecule has 0 saturated heterocycles. The third-order valence-electron chi connectivity index (χ3n) is 20.2. The Labute approximate surface area is 594 Å². The Balaban J connectivity index is 0.750. The summed E-state index contributed by atoms with van der Waals surface area (Å²) in [7, 11) is 0. The summed E-state index contributed by atoms with van der Waals surface area (Å²) >= 11 is 3.53. The Morgan fingerprint density at radius 1 is 0.363 bits per heavy atom. The highest BCUT2D eigenvalue weighted by molar-refractivity contribution is 7.26. The van der Waals surface area contributed by atoms with Crippen molar-refractivity contribution in [3.8, 4) is 119 Å². The van der Waals surface area contributed by atoms with Crippen LogP contribution in [0.5, 0.6) is 5.75 Å². The van der Waals surface area contributed by atoms with Crippen molar-refractivity contribution in [1.82, 2.24) is 39.9 Å². The second-order valence-electron chi connectivity index (χ2n) is 26.5. The molecule has 4 atom stereocenters. The maximum Gasteiger partial charge on any atom is 0.180 e. The van der Waals surface area contributed by atoms with E-state index in [1.807, 2.05) is 66.7 Å². The van der Waals surface area contributed by atoms with Gasteiger partial charge in [-0.15, -0.1) is 22.7 Å². The zero-order valence-electron chi connectivity index (χ0n) is 55.2. The summed E-state index contributed by atoms with van der Waals surface area (Å²) in [5.74, 6) is 4.71. The van der Waals surface area contributed by atoms with Gasteiger partial charge in [-0.3, -0.25) is 0 Å². The molecule has 10 aromatic carbocycles. The molecule has 0 amide bonds. The van der Waals surface area contributed by atoms with Gasteiger partial charge >= 0.3 is 0 Å². The highest BCUT2D eigenvalue weighted by Gasteiger charge is 2.39. The number of para-hydroxylation sites is 1. The lowest BCUT2D eigenvalue weighted by Crippen LogP contribution is -2.11. The summed E-state index contributed by atoms with van der Waals surface area (Å²) < 4.78 is 17.7. The highest BCUT2D eigenvalue weighted by atomic mass is 32.1. The van der Waals surface area contributed by atoms with Crippen molar-refractivity contribution in [2.24, 2.45) is 11.8 Å². The zero-order chi connectivity index (χ0) is 67.5. The summed E-state index contributed by atoms with van der Waals surface area (Å²) in [6, 6.07) is 86.9. The first-order valence-electron chi connectivity index (χ1n) is 34.4. The van der Waals surface area contributed by atoms with Crippen LogP contribution in [0.4, 0.5) is 0 Å². The topological polar surface area (TPSA) is 125 Å². The van der Waals surface area contributed by atoms with Gasteiger partial charge in [-0.1, -0.05) is 244 Å². The molecule has 102 heavy (non-hydrogen) atoms.